The molecule has 0 aliphatic heterocycles. The lowest BCUT2D eigenvalue weighted by Crippen LogP contribution is -2.24. The van der Waals surface area contributed by atoms with E-state index in [1.165, 1.54) is 24.3 Å². The second kappa shape index (κ2) is 10.0. The van der Waals surface area contributed by atoms with E-state index in [2.05, 4.69) is 11.6 Å². The van der Waals surface area contributed by atoms with Crippen LogP contribution in [-0.2, 0) is 19.9 Å². The van der Waals surface area contributed by atoms with E-state index in [0.717, 1.165) is 25.7 Å². The Labute approximate surface area is 145 Å². The molecule has 138 valence electrons. The zero-order valence-electron chi connectivity index (χ0n) is 14.3. The number of sulfone groups is 1. The Morgan fingerprint density at radius 3 is 2.21 bits per heavy atom. The van der Waals surface area contributed by atoms with E-state index in [0.29, 0.717) is 12.3 Å². The molecule has 0 aliphatic carbocycles. The molecule has 1 aromatic rings. The van der Waals surface area contributed by atoms with Crippen LogP contribution >= 0.6 is 0 Å². The van der Waals surface area contributed by atoms with Gasteiger partial charge in [-0.2, -0.15) is 0 Å². The number of hydrogen-bond acceptors (Lipinski definition) is 5. The van der Waals surface area contributed by atoms with Crippen LogP contribution in [0.3, 0.4) is 0 Å². The molecule has 0 amide bonds. The van der Waals surface area contributed by atoms with Gasteiger partial charge < -0.3 is 4.74 Å². The lowest BCUT2D eigenvalue weighted by molar-refractivity contribution is 0.340. The van der Waals surface area contributed by atoms with Gasteiger partial charge in [0.25, 0.3) is 0 Å². The fraction of sp³-hybridized carbons (Fsp3) is 0.625. The van der Waals surface area contributed by atoms with Crippen LogP contribution in [-0.4, -0.2) is 41.5 Å². The van der Waals surface area contributed by atoms with Gasteiger partial charge in [-0.15, -0.1) is 0 Å². The molecule has 0 bridgehead atoms. The molecular formula is C16H27NO5S2. The fourth-order valence-electron chi connectivity index (χ4n) is 1.99. The predicted molar refractivity (Wildman–Crippen MR) is 95.6 cm³/mol. The van der Waals surface area contributed by atoms with Crippen LogP contribution in [0.4, 0.5) is 0 Å². The average Bonchev–Trinajstić information content (AvgIpc) is 2.55. The highest BCUT2D eigenvalue weighted by Gasteiger charge is 2.13. The van der Waals surface area contributed by atoms with Crippen LogP contribution in [0.1, 0.15) is 39.5 Å². The van der Waals surface area contributed by atoms with Gasteiger partial charge in [0.2, 0.25) is 10.0 Å². The van der Waals surface area contributed by atoms with Crippen LogP contribution in [0, 0.1) is 0 Å². The predicted octanol–water partition coefficient (Wildman–Crippen LogP) is 2.36. The number of ether oxygens (including phenoxy) is 1. The standard InChI is InChI=1S/C16H27NO5S2/c1-3-5-6-7-12-17-24(20,21)16-10-8-15(9-11-16)22-13-14-23(18,19)4-2/h8-11,17H,3-7,12-14H2,1-2H3. The maximum Gasteiger partial charge on any atom is 0.240 e. The van der Waals surface area contributed by atoms with Gasteiger partial charge in [0.15, 0.2) is 9.84 Å². The number of rotatable bonds is 12. The molecule has 0 atom stereocenters. The van der Waals surface area contributed by atoms with Gasteiger partial charge >= 0.3 is 0 Å². The summed E-state index contributed by atoms with van der Waals surface area (Å²) < 4.78 is 54.9. The highest BCUT2D eigenvalue weighted by Crippen LogP contribution is 2.16. The van der Waals surface area contributed by atoms with E-state index in [9.17, 15) is 16.8 Å². The molecule has 24 heavy (non-hydrogen) atoms. The molecule has 1 aromatic carbocycles. The Hall–Kier alpha value is -1.12. The Bertz CT molecular complexity index is 682. The highest BCUT2D eigenvalue weighted by atomic mass is 32.2. The fourth-order valence-corrected chi connectivity index (χ4v) is 3.69. The Balaban J connectivity index is 2.50. The number of unbranched alkanes of at least 4 members (excludes halogenated alkanes) is 3. The van der Waals surface area contributed by atoms with Crippen LogP contribution in [0.5, 0.6) is 5.75 Å². The average molecular weight is 378 g/mol. The maximum atomic E-state index is 12.1. The molecule has 1 rings (SSSR count). The first-order valence-electron chi connectivity index (χ1n) is 8.23. The minimum absolute atomic E-state index is 0.0527. The maximum absolute atomic E-state index is 12.1. The van der Waals surface area contributed by atoms with Crippen molar-refractivity contribution in [1.82, 2.24) is 4.72 Å². The van der Waals surface area contributed by atoms with Crippen molar-refractivity contribution in [3.8, 4) is 5.75 Å². The van der Waals surface area contributed by atoms with Crippen molar-refractivity contribution in [2.24, 2.45) is 0 Å². The van der Waals surface area contributed by atoms with Crippen molar-refractivity contribution in [1.29, 1.82) is 0 Å². The largest absolute Gasteiger partial charge is 0.493 e. The molecule has 0 saturated heterocycles. The summed E-state index contributed by atoms with van der Waals surface area (Å²) in [6.07, 6.45) is 4.03. The van der Waals surface area contributed by atoms with E-state index in [1.54, 1.807) is 6.92 Å². The normalized spacial score (nSPS) is 12.2. The number of benzene rings is 1. The van der Waals surface area contributed by atoms with Gasteiger partial charge in [0, 0.05) is 12.3 Å². The molecule has 0 unspecified atom stereocenters. The van der Waals surface area contributed by atoms with E-state index < -0.39 is 19.9 Å². The summed E-state index contributed by atoms with van der Waals surface area (Å²) in [5.74, 6) is 0.476. The molecule has 0 fully saturated rings. The molecule has 0 radical (unpaired) electrons. The minimum Gasteiger partial charge on any atom is -0.493 e. The second-order valence-electron chi connectivity index (χ2n) is 5.51. The summed E-state index contributed by atoms with van der Waals surface area (Å²) in [7, 11) is -6.58. The number of nitrogens with one attached hydrogen (secondary N) is 1. The van der Waals surface area contributed by atoms with Crippen molar-refractivity contribution in [3.05, 3.63) is 24.3 Å². The molecular weight excluding hydrogens is 350 g/mol. The lowest BCUT2D eigenvalue weighted by atomic mass is 10.2. The van der Waals surface area contributed by atoms with Gasteiger partial charge in [0.05, 0.1) is 10.6 Å². The van der Waals surface area contributed by atoms with Crippen molar-refractivity contribution in [3.63, 3.8) is 0 Å². The topological polar surface area (TPSA) is 89.5 Å². The summed E-state index contributed by atoms with van der Waals surface area (Å²) in [4.78, 5) is 0.173. The molecule has 0 aliphatic rings. The Morgan fingerprint density at radius 1 is 0.958 bits per heavy atom. The molecule has 6 nitrogen and oxygen atoms in total. The summed E-state index contributed by atoms with van der Waals surface area (Å²) >= 11 is 0. The Morgan fingerprint density at radius 2 is 1.62 bits per heavy atom. The Kier molecular flexibility index (Phi) is 8.72. The summed E-state index contributed by atoms with van der Waals surface area (Å²) in [5.41, 5.74) is 0. The molecule has 8 heteroatoms. The quantitative estimate of drug-likeness (QED) is 0.565. The lowest BCUT2D eigenvalue weighted by Gasteiger charge is -2.09. The van der Waals surface area contributed by atoms with Gasteiger partial charge in [-0.05, 0) is 30.7 Å². The molecule has 0 heterocycles. The second-order valence-corrected chi connectivity index (χ2v) is 9.75. The summed E-state index contributed by atoms with van der Waals surface area (Å²) in [6.45, 7) is 4.17. The summed E-state index contributed by atoms with van der Waals surface area (Å²) in [6, 6.07) is 5.98. The van der Waals surface area contributed by atoms with Crippen LogP contribution < -0.4 is 9.46 Å². The molecule has 0 aromatic heterocycles. The third-order valence-corrected chi connectivity index (χ3v) is 6.70. The van der Waals surface area contributed by atoms with Crippen molar-refractivity contribution >= 4 is 19.9 Å². The number of hydrogen-bond donors (Lipinski definition) is 1. The highest BCUT2D eigenvalue weighted by molar-refractivity contribution is 7.91. The van der Waals surface area contributed by atoms with Crippen LogP contribution in [0.2, 0.25) is 0 Å². The monoisotopic (exact) mass is 377 g/mol. The van der Waals surface area contributed by atoms with Gasteiger partial charge in [0.1, 0.15) is 12.4 Å². The van der Waals surface area contributed by atoms with Crippen molar-refractivity contribution in [2.45, 2.75) is 44.4 Å². The molecule has 1 N–H and O–H groups in total. The first-order valence-corrected chi connectivity index (χ1v) is 11.5. The zero-order valence-corrected chi connectivity index (χ0v) is 16.0. The third kappa shape index (κ3) is 7.63. The van der Waals surface area contributed by atoms with Crippen LogP contribution in [0.15, 0.2) is 29.2 Å². The SMILES string of the molecule is CCCCCCNS(=O)(=O)c1ccc(OCCS(=O)(=O)CC)cc1. The third-order valence-electron chi connectivity index (χ3n) is 3.56. The first-order chi connectivity index (χ1) is 11.3. The van der Waals surface area contributed by atoms with E-state index >= 15 is 0 Å². The smallest absolute Gasteiger partial charge is 0.240 e. The van der Waals surface area contributed by atoms with Gasteiger partial charge in [-0.25, -0.2) is 21.6 Å². The van der Waals surface area contributed by atoms with Crippen molar-refractivity contribution < 1.29 is 21.6 Å². The first kappa shape index (κ1) is 20.9. The molecule has 0 saturated carbocycles. The van der Waals surface area contributed by atoms with E-state index in [4.69, 9.17) is 4.74 Å². The summed E-state index contributed by atoms with van der Waals surface area (Å²) in [5, 5.41) is 0. The van der Waals surface area contributed by atoms with Gasteiger partial charge in [-0.3, -0.25) is 0 Å². The van der Waals surface area contributed by atoms with E-state index in [-0.39, 0.29) is 23.0 Å². The number of sulfonamides is 1. The van der Waals surface area contributed by atoms with Crippen LogP contribution in [0.25, 0.3) is 0 Å². The van der Waals surface area contributed by atoms with Crippen molar-refractivity contribution in [2.75, 3.05) is 24.7 Å². The minimum atomic E-state index is -3.51. The zero-order chi connectivity index (χ0) is 18.1. The molecule has 0 spiro atoms. The van der Waals surface area contributed by atoms with E-state index in [1.807, 2.05) is 0 Å². The van der Waals surface area contributed by atoms with Gasteiger partial charge in [-0.1, -0.05) is 33.1 Å².